The molecular weight excluding hydrogens is 404 g/mol. The Bertz CT molecular complexity index is 842. The standard InChI is InChI=1S/C14H12BrF2N5O3/c15-12-2-1-10(22(24)25)9(19-12)3-14(23)20-5-8-4-18-21(7-13(16)17)11(8)6-20/h1-2,4,13H,3,5-7H2. The van der Waals surface area contributed by atoms with Crippen LogP contribution in [0, 0.1) is 10.1 Å². The van der Waals surface area contributed by atoms with E-state index in [4.69, 9.17) is 0 Å². The molecule has 2 aromatic heterocycles. The van der Waals surface area contributed by atoms with Crippen LogP contribution >= 0.6 is 15.9 Å². The lowest BCUT2D eigenvalue weighted by Gasteiger charge is -2.16. The monoisotopic (exact) mass is 415 g/mol. The third-order valence-electron chi connectivity index (χ3n) is 3.83. The van der Waals surface area contributed by atoms with E-state index in [1.807, 2.05) is 0 Å². The minimum atomic E-state index is -2.54. The molecule has 0 radical (unpaired) electrons. The number of hydrogen-bond donors (Lipinski definition) is 0. The van der Waals surface area contributed by atoms with Gasteiger partial charge in [0.05, 0.1) is 29.8 Å². The van der Waals surface area contributed by atoms with E-state index in [1.165, 1.54) is 27.9 Å². The van der Waals surface area contributed by atoms with Gasteiger partial charge in [0.25, 0.3) is 12.1 Å². The van der Waals surface area contributed by atoms with Gasteiger partial charge in [0.15, 0.2) is 0 Å². The Kier molecular flexibility index (Phi) is 4.75. The average molecular weight is 416 g/mol. The summed E-state index contributed by atoms with van der Waals surface area (Å²) in [7, 11) is 0. The van der Waals surface area contributed by atoms with Gasteiger partial charge in [-0.15, -0.1) is 0 Å². The van der Waals surface area contributed by atoms with Crippen molar-refractivity contribution in [3.63, 3.8) is 0 Å². The number of halogens is 3. The SMILES string of the molecule is O=C(Cc1nc(Br)ccc1[N+](=O)[O-])N1Cc2cnn(CC(F)F)c2C1. The largest absolute Gasteiger partial charge is 0.332 e. The molecule has 8 nitrogen and oxygen atoms in total. The molecule has 0 saturated heterocycles. The smallest absolute Gasteiger partial charge is 0.291 e. The molecule has 0 bridgehead atoms. The zero-order valence-electron chi connectivity index (χ0n) is 12.7. The van der Waals surface area contributed by atoms with E-state index >= 15 is 0 Å². The summed E-state index contributed by atoms with van der Waals surface area (Å²) in [5.74, 6) is -0.367. The van der Waals surface area contributed by atoms with Crippen LogP contribution < -0.4 is 0 Å². The van der Waals surface area contributed by atoms with Crippen molar-refractivity contribution < 1.29 is 18.5 Å². The highest BCUT2D eigenvalue weighted by atomic mass is 79.9. The van der Waals surface area contributed by atoms with Gasteiger partial charge in [0.2, 0.25) is 5.91 Å². The molecule has 132 valence electrons. The molecule has 3 rings (SSSR count). The number of pyridine rings is 1. The lowest BCUT2D eigenvalue weighted by Crippen LogP contribution is -2.28. The van der Waals surface area contributed by atoms with Crippen LogP contribution in [-0.4, -0.2) is 36.9 Å². The Morgan fingerprint density at radius 1 is 1.40 bits per heavy atom. The fourth-order valence-corrected chi connectivity index (χ4v) is 3.04. The summed E-state index contributed by atoms with van der Waals surface area (Å²) in [6.45, 7) is -0.155. The minimum absolute atomic E-state index is 0.0505. The first-order valence-corrected chi connectivity index (χ1v) is 8.03. The van der Waals surface area contributed by atoms with E-state index < -0.39 is 17.9 Å². The number of hydrogen-bond acceptors (Lipinski definition) is 5. The molecule has 0 atom stereocenters. The Balaban J connectivity index is 1.75. The predicted molar refractivity (Wildman–Crippen MR) is 84.8 cm³/mol. The van der Waals surface area contributed by atoms with E-state index in [0.29, 0.717) is 15.9 Å². The fraction of sp³-hybridized carbons (Fsp3) is 0.357. The number of carbonyl (C=O) groups is 1. The maximum atomic E-state index is 12.5. The summed E-state index contributed by atoms with van der Waals surface area (Å²) in [5, 5.41) is 15.0. The average Bonchev–Trinajstić information content (AvgIpc) is 3.08. The van der Waals surface area contributed by atoms with Gasteiger partial charge in [-0.1, -0.05) is 0 Å². The van der Waals surface area contributed by atoms with Gasteiger partial charge >= 0.3 is 0 Å². The van der Waals surface area contributed by atoms with Crippen LogP contribution in [0.15, 0.2) is 22.9 Å². The second kappa shape index (κ2) is 6.82. The topological polar surface area (TPSA) is 94.2 Å². The van der Waals surface area contributed by atoms with Gasteiger partial charge in [-0.2, -0.15) is 5.10 Å². The molecule has 3 heterocycles. The van der Waals surface area contributed by atoms with Crippen molar-refractivity contribution in [3.05, 3.63) is 50.0 Å². The molecule has 2 aromatic rings. The number of aromatic nitrogens is 3. The molecule has 0 fully saturated rings. The number of nitrogens with zero attached hydrogens (tertiary/aromatic N) is 5. The maximum absolute atomic E-state index is 12.5. The Labute approximate surface area is 148 Å². The fourth-order valence-electron chi connectivity index (χ4n) is 2.69. The third kappa shape index (κ3) is 3.65. The van der Waals surface area contributed by atoms with Crippen LogP contribution in [0.1, 0.15) is 17.0 Å². The zero-order chi connectivity index (χ0) is 18.1. The molecule has 1 amide bonds. The van der Waals surface area contributed by atoms with Crippen LogP contribution in [0.2, 0.25) is 0 Å². The molecule has 0 saturated carbocycles. The normalized spacial score (nSPS) is 13.4. The quantitative estimate of drug-likeness (QED) is 0.424. The third-order valence-corrected chi connectivity index (χ3v) is 4.27. The van der Waals surface area contributed by atoms with Gasteiger partial charge < -0.3 is 4.90 Å². The number of fused-ring (bicyclic) bond motifs is 1. The van der Waals surface area contributed by atoms with E-state index in [1.54, 1.807) is 0 Å². The van der Waals surface area contributed by atoms with Crippen molar-refractivity contribution >= 4 is 27.5 Å². The second-order valence-electron chi connectivity index (χ2n) is 5.47. The number of carbonyl (C=O) groups excluding carboxylic acids is 1. The molecule has 11 heteroatoms. The van der Waals surface area contributed by atoms with Crippen LogP contribution in [0.4, 0.5) is 14.5 Å². The first kappa shape index (κ1) is 17.4. The predicted octanol–water partition coefficient (Wildman–Crippen LogP) is 2.30. The highest BCUT2D eigenvalue weighted by Crippen LogP contribution is 2.25. The van der Waals surface area contributed by atoms with Crippen molar-refractivity contribution in [2.24, 2.45) is 0 Å². The first-order chi connectivity index (χ1) is 11.8. The molecule has 1 aliphatic heterocycles. The van der Waals surface area contributed by atoms with Crippen LogP contribution in [0.3, 0.4) is 0 Å². The first-order valence-electron chi connectivity index (χ1n) is 7.24. The maximum Gasteiger partial charge on any atom is 0.291 e. The molecule has 25 heavy (non-hydrogen) atoms. The lowest BCUT2D eigenvalue weighted by atomic mass is 10.2. The molecule has 0 aromatic carbocycles. The number of amides is 1. The molecule has 0 aliphatic carbocycles. The Hall–Kier alpha value is -2.43. The van der Waals surface area contributed by atoms with Gasteiger partial charge in [-0.25, -0.2) is 13.8 Å². The van der Waals surface area contributed by atoms with Gasteiger partial charge in [-0.3, -0.25) is 19.6 Å². The van der Waals surface area contributed by atoms with E-state index in [2.05, 4.69) is 26.0 Å². The zero-order valence-corrected chi connectivity index (χ0v) is 14.3. The van der Waals surface area contributed by atoms with Crippen molar-refractivity contribution in [2.45, 2.75) is 32.5 Å². The summed E-state index contributed by atoms with van der Waals surface area (Å²) in [5.41, 5.74) is 1.07. The number of alkyl halides is 2. The summed E-state index contributed by atoms with van der Waals surface area (Å²) in [6.07, 6.45) is -1.32. The lowest BCUT2D eigenvalue weighted by molar-refractivity contribution is -0.385. The van der Waals surface area contributed by atoms with E-state index in [0.717, 1.165) is 0 Å². The van der Waals surface area contributed by atoms with E-state index in [-0.39, 0.29) is 36.8 Å². The van der Waals surface area contributed by atoms with E-state index in [9.17, 15) is 23.7 Å². The molecule has 0 N–H and O–H groups in total. The Morgan fingerprint density at radius 2 is 2.16 bits per heavy atom. The van der Waals surface area contributed by atoms with Gasteiger partial charge in [0, 0.05) is 18.2 Å². The molecular formula is C14H12BrF2N5O3. The summed E-state index contributed by atoms with van der Waals surface area (Å²) < 4.78 is 26.7. The van der Waals surface area contributed by atoms with Gasteiger partial charge in [0.1, 0.15) is 16.8 Å². The van der Waals surface area contributed by atoms with Crippen molar-refractivity contribution in [2.75, 3.05) is 0 Å². The highest BCUT2D eigenvalue weighted by molar-refractivity contribution is 9.10. The molecule has 0 spiro atoms. The number of rotatable bonds is 5. The molecule has 1 aliphatic rings. The summed E-state index contributed by atoms with van der Waals surface area (Å²) in [6, 6.07) is 2.70. The minimum Gasteiger partial charge on any atom is -0.332 e. The van der Waals surface area contributed by atoms with Crippen molar-refractivity contribution in [3.8, 4) is 0 Å². The summed E-state index contributed by atoms with van der Waals surface area (Å²) in [4.78, 5) is 28.4. The second-order valence-corrected chi connectivity index (χ2v) is 6.29. The van der Waals surface area contributed by atoms with Crippen LogP contribution in [0.25, 0.3) is 0 Å². The van der Waals surface area contributed by atoms with Gasteiger partial charge in [-0.05, 0) is 22.0 Å². The van der Waals surface area contributed by atoms with Crippen LogP contribution in [0.5, 0.6) is 0 Å². The van der Waals surface area contributed by atoms with Crippen LogP contribution in [-0.2, 0) is 30.8 Å². The van der Waals surface area contributed by atoms with Crippen molar-refractivity contribution in [1.82, 2.24) is 19.7 Å². The van der Waals surface area contributed by atoms with Crippen molar-refractivity contribution in [1.29, 1.82) is 0 Å². The highest BCUT2D eigenvalue weighted by Gasteiger charge is 2.29. The Morgan fingerprint density at radius 3 is 2.84 bits per heavy atom. The number of nitro groups is 1. The summed E-state index contributed by atoms with van der Waals surface area (Å²) >= 11 is 3.13. The molecule has 0 unspecified atom stereocenters.